The number of anilines is 1. The predicted molar refractivity (Wildman–Crippen MR) is 164 cm³/mol. The highest BCUT2D eigenvalue weighted by molar-refractivity contribution is 8.00. The Bertz CT molecular complexity index is 1790. The Balaban J connectivity index is 1.18. The number of aromatic amines is 1. The highest BCUT2D eigenvalue weighted by Crippen LogP contribution is 2.69. The molecule has 5 unspecified atom stereocenters. The maximum atomic E-state index is 14.0. The van der Waals surface area contributed by atoms with Crippen LogP contribution in [0.2, 0.25) is 0 Å². The minimum Gasteiger partial charge on any atom is -0.489 e. The minimum absolute atomic E-state index is 0.0598. The van der Waals surface area contributed by atoms with Crippen LogP contribution in [-0.4, -0.2) is 22.0 Å². The minimum atomic E-state index is -0.328. The number of imide groups is 1. The number of ether oxygens (including phenoxy) is 1. The van der Waals surface area contributed by atoms with Gasteiger partial charge in [0, 0.05) is 21.6 Å². The van der Waals surface area contributed by atoms with E-state index in [9.17, 15) is 14.4 Å². The smallest absolute Gasteiger partial charge is 0.305 e. The molecule has 1 aromatic heterocycles. The van der Waals surface area contributed by atoms with E-state index in [0.717, 1.165) is 38.8 Å². The summed E-state index contributed by atoms with van der Waals surface area (Å²) in [6.07, 6.45) is 0.860. The summed E-state index contributed by atoms with van der Waals surface area (Å²) in [4.78, 5) is 46.1. The molecule has 2 saturated carbocycles. The lowest BCUT2D eigenvalue weighted by Crippen LogP contribution is -2.42. The van der Waals surface area contributed by atoms with Gasteiger partial charge >= 0.3 is 4.87 Å². The molecular weight excluding hydrogens is 565 g/mol. The summed E-state index contributed by atoms with van der Waals surface area (Å²) >= 11 is 2.98. The molecule has 8 heteroatoms. The maximum Gasteiger partial charge on any atom is 0.305 e. The molecule has 1 N–H and O–H groups in total. The molecule has 2 bridgehead atoms. The van der Waals surface area contributed by atoms with Gasteiger partial charge in [-0.3, -0.25) is 19.3 Å². The highest BCUT2D eigenvalue weighted by Gasteiger charge is 2.69. The Labute approximate surface area is 252 Å². The Kier molecular flexibility index (Phi) is 6.02. The van der Waals surface area contributed by atoms with E-state index in [1.54, 1.807) is 11.8 Å². The van der Waals surface area contributed by atoms with Gasteiger partial charge in [0.1, 0.15) is 12.4 Å². The first-order valence-electron chi connectivity index (χ1n) is 14.5. The van der Waals surface area contributed by atoms with E-state index in [1.807, 2.05) is 55.5 Å². The molecule has 6 nitrogen and oxygen atoms in total. The number of carbonyl (C=O) groups excluding carboxylic acids is 2. The zero-order chi connectivity index (χ0) is 28.7. The molecule has 3 heterocycles. The molecule has 2 amide bonds. The first-order chi connectivity index (χ1) is 20.4. The van der Waals surface area contributed by atoms with E-state index in [1.165, 1.54) is 21.8 Å². The molecule has 0 radical (unpaired) electrons. The zero-order valence-corrected chi connectivity index (χ0v) is 24.9. The fourth-order valence-corrected chi connectivity index (χ4v) is 11.0. The van der Waals surface area contributed by atoms with Crippen molar-refractivity contribution in [2.24, 2.45) is 29.6 Å². The molecule has 1 saturated heterocycles. The normalized spacial score (nSPS) is 29.0. The van der Waals surface area contributed by atoms with E-state index >= 15 is 0 Å². The molecule has 8 rings (SSSR count). The van der Waals surface area contributed by atoms with Crippen LogP contribution in [0.4, 0.5) is 5.69 Å². The quantitative estimate of drug-likeness (QED) is 0.274. The Morgan fingerprint density at radius 1 is 0.881 bits per heavy atom. The zero-order valence-electron chi connectivity index (χ0n) is 23.3. The van der Waals surface area contributed by atoms with Crippen molar-refractivity contribution < 1.29 is 14.3 Å². The highest BCUT2D eigenvalue weighted by atomic mass is 32.2. The molecule has 4 aliphatic rings. The van der Waals surface area contributed by atoms with Gasteiger partial charge in [0.15, 0.2) is 0 Å². The molecule has 2 aliphatic heterocycles. The number of para-hydroxylation sites is 1. The first-order valence-corrected chi connectivity index (χ1v) is 16.2. The predicted octanol–water partition coefficient (Wildman–Crippen LogP) is 6.31. The number of thiazole rings is 1. The average Bonchev–Trinajstić information content (AvgIpc) is 3.72. The lowest BCUT2D eigenvalue weighted by molar-refractivity contribution is -0.123. The number of fused-ring (bicyclic) bond motifs is 9. The number of benzene rings is 3. The van der Waals surface area contributed by atoms with Crippen LogP contribution in [0.25, 0.3) is 0 Å². The van der Waals surface area contributed by atoms with Crippen LogP contribution < -0.4 is 14.5 Å². The number of amides is 2. The van der Waals surface area contributed by atoms with E-state index in [4.69, 9.17) is 4.74 Å². The van der Waals surface area contributed by atoms with Crippen molar-refractivity contribution in [2.75, 3.05) is 4.90 Å². The number of carbonyl (C=O) groups is 2. The number of aromatic nitrogens is 1. The van der Waals surface area contributed by atoms with E-state index in [-0.39, 0.29) is 57.4 Å². The summed E-state index contributed by atoms with van der Waals surface area (Å²) in [5.74, 6) is 0.212. The standard InChI is InChI=1S/C34H30N2O4S2/c1-17-10-12-20(13-11-17)36-32(37)27-22-15-23(28(27)33(36)38)29-26(22)25(30-31(41-29)35-34(39)42-30)21-8-3-4-9-24(21)40-16-19-7-5-6-18(2)14-19/h3-14,22-23,25-29H,15-16H2,1-2H3,(H,35,39)/t22-,23-,25?,26?,27?,28?,29?/m1/s1. The van der Waals surface area contributed by atoms with Gasteiger partial charge in [-0.2, -0.15) is 0 Å². The van der Waals surface area contributed by atoms with Gasteiger partial charge in [-0.25, -0.2) is 0 Å². The largest absolute Gasteiger partial charge is 0.489 e. The van der Waals surface area contributed by atoms with Crippen molar-refractivity contribution in [1.29, 1.82) is 0 Å². The lowest BCUT2D eigenvalue weighted by Gasteiger charge is -2.43. The van der Waals surface area contributed by atoms with Crippen LogP contribution in [0.1, 0.15) is 39.5 Å². The van der Waals surface area contributed by atoms with Crippen LogP contribution in [0.3, 0.4) is 0 Å². The molecule has 4 aromatic rings. The van der Waals surface area contributed by atoms with Crippen LogP contribution in [0, 0.1) is 43.4 Å². The molecule has 2 aliphatic carbocycles. The van der Waals surface area contributed by atoms with E-state index < -0.39 is 0 Å². The van der Waals surface area contributed by atoms with Crippen molar-refractivity contribution in [3.05, 3.63) is 110 Å². The molecule has 3 fully saturated rings. The molecule has 7 atom stereocenters. The third-order valence-corrected chi connectivity index (χ3v) is 12.3. The summed E-state index contributed by atoms with van der Waals surface area (Å²) in [7, 11) is 0. The second-order valence-electron chi connectivity index (χ2n) is 12.1. The van der Waals surface area contributed by atoms with Gasteiger partial charge in [0.2, 0.25) is 11.8 Å². The average molecular weight is 595 g/mol. The molecule has 42 heavy (non-hydrogen) atoms. The number of aryl methyl sites for hydroxylation is 2. The number of hydrogen-bond acceptors (Lipinski definition) is 6. The van der Waals surface area contributed by atoms with E-state index in [0.29, 0.717) is 12.3 Å². The second-order valence-corrected chi connectivity index (χ2v) is 14.3. The Morgan fingerprint density at radius 3 is 2.43 bits per heavy atom. The van der Waals surface area contributed by atoms with Gasteiger partial charge in [0.05, 0.1) is 22.5 Å². The van der Waals surface area contributed by atoms with Crippen LogP contribution in [0.5, 0.6) is 5.75 Å². The molecule has 0 spiro atoms. The number of thioether (sulfide) groups is 1. The van der Waals surface area contributed by atoms with Crippen LogP contribution >= 0.6 is 23.1 Å². The molecular formula is C34H30N2O4S2. The van der Waals surface area contributed by atoms with Crippen LogP contribution in [0.15, 0.2) is 82.6 Å². The van der Waals surface area contributed by atoms with Crippen molar-refractivity contribution >= 4 is 40.6 Å². The Hall–Kier alpha value is -3.62. The van der Waals surface area contributed by atoms with Crippen molar-refractivity contribution in [1.82, 2.24) is 4.98 Å². The fraction of sp³-hybridized carbons (Fsp3) is 0.324. The second kappa shape index (κ2) is 9.71. The topological polar surface area (TPSA) is 79.5 Å². The van der Waals surface area contributed by atoms with Crippen molar-refractivity contribution in [3.8, 4) is 5.75 Å². The van der Waals surface area contributed by atoms with E-state index in [2.05, 4.69) is 36.2 Å². The lowest BCUT2D eigenvalue weighted by atomic mass is 9.68. The number of rotatable bonds is 5. The summed E-state index contributed by atoms with van der Waals surface area (Å²) in [6.45, 7) is 4.52. The van der Waals surface area contributed by atoms with Crippen LogP contribution in [-0.2, 0) is 16.2 Å². The van der Waals surface area contributed by atoms with Gasteiger partial charge in [-0.15, -0.1) is 11.8 Å². The third kappa shape index (κ3) is 3.88. The van der Waals surface area contributed by atoms with Gasteiger partial charge in [-0.05, 0) is 61.8 Å². The molecule has 3 aromatic carbocycles. The SMILES string of the molecule is Cc1ccc(N2C(=O)C3C(C2=O)[C@@H]2C[C@H]3C3Sc4[nH]c(=O)sc4C(c4ccccc4OCc4cccc(C)c4)C32)cc1. The number of nitrogens with one attached hydrogen (secondary N) is 1. The van der Waals surface area contributed by atoms with Crippen molar-refractivity contribution in [2.45, 2.75) is 43.1 Å². The summed E-state index contributed by atoms with van der Waals surface area (Å²) < 4.78 is 6.47. The Morgan fingerprint density at radius 2 is 1.64 bits per heavy atom. The fourth-order valence-electron chi connectivity index (χ4n) is 8.15. The maximum absolute atomic E-state index is 14.0. The van der Waals surface area contributed by atoms with Gasteiger partial charge < -0.3 is 9.72 Å². The monoisotopic (exact) mass is 594 g/mol. The number of nitrogens with zero attached hydrogens (tertiary/aromatic N) is 1. The molecule has 212 valence electrons. The summed E-state index contributed by atoms with van der Waals surface area (Å²) in [5, 5.41) is 1.04. The number of H-pyrrole nitrogens is 1. The first kappa shape index (κ1) is 26.0. The van der Waals surface area contributed by atoms with Gasteiger partial charge in [0.25, 0.3) is 0 Å². The van der Waals surface area contributed by atoms with Crippen molar-refractivity contribution in [3.63, 3.8) is 0 Å². The van der Waals surface area contributed by atoms with Gasteiger partial charge in [-0.1, -0.05) is 77.1 Å². The summed E-state index contributed by atoms with van der Waals surface area (Å²) in [6, 6.07) is 24.1. The number of hydrogen-bond donors (Lipinski definition) is 1. The summed E-state index contributed by atoms with van der Waals surface area (Å²) in [5.41, 5.74) is 5.09. The third-order valence-electron chi connectivity index (χ3n) is 9.75.